The quantitative estimate of drug-likeness (QED) is 0.534. The maximum atomic E-state index is 14.4. The first-order valence-electron chi connectivity index (χ1n) is 9.39. The van der Waals surface area contributed by atoms with E-state index in [1.54, 1.807) is 24.8 Å². The summed E-state index contributed by atoms with van der Waals surface area (Å²) in [5, 5.41) is 12.7. The summed E-state index contributed by atoms with van der Waals surface area (Å²) in [5.74, 6) is 1.40. The number of hydrogen-bond acceptors (Lipinski definition) is 5. The molecule has 0 N–H and O–H groups in total. The van der Waals surface area contributed by atoms with Crippen LogP contribution in [-0.4, -0.2) is 36.0 Å². The summed E-state index contributed by atoms with van der Waals surface area (Å²) in [6, 6.07) is 5.14. The molecule has 3 aromatic heterocycles. The van der Waals surface area contributed by atoms with Gasteiger partial charge >= 0.3 is 0 Å². The topological polar surface area (TPSA) is 70.1 Å². The Morgan fingerprint density at radius 1 is 1.21 bits per heavy atom. The van der Waals surface area contributed by atoms with Crippen LogP contribution in [0.25, 0.3) is 16.9 Å². The van der Waals surface area contributed by atoms with Gasteiger partial charge in [0, 0.05) is 37.3 Å². The normalized spacial score (nSPS) is 13.1. The van der Waals surface area contributed by atoms with Crippen LogP contribution in [0, 0.1) is 5.82 Å². The fourth-order valence-corrected chi connectivity index (χ4v) is 3.87. The molecule has 0 aliphatic carbocycles. The van der Waals surface area contributed by atoms with Crippen LogP contribution in [0.15, 0.2) is 36.9 Å². The lowest BCUT2D eigenvalue weighted by atomic mass is 10.00. The number of hydrogen-bond donors (Lipinski definition) is 0. The minimum atomic E-state index is -0.187. The van der Waals surface area contributed by atoms with Crippen molar-refractivity contribution in [1.82, 2.24) is 29.4 Å². The SMILES string of the molecule is CCn1nccc1-c1cnc(CCc2c(F)ccc3c2CCO3)n2cnnc12. The molecule has 0 fully saturated rings. The molecule has 0 saturated heterocycles. The molecule has 0 atom stereocenters. The Balaban J connectivity index is 1.50. The van der Waals surface area contributed by atoms with E-state index >= 15 is 0 Å². The summed E-state index contributed by atoms with van der Waals surface area (Å²) in [4.78, 5) is 4.64. The molecule has 1 aliphatic rings. The number of aryl methyl sites for hydroxylation is 2. The molecule has 0 unspecified atom stereocenters. The van der Waals surface area contributed by atoms with Crippen LogP contribution in [0.3, 0.4) is 0 Å². The van der Waals surface area contributed by atoms with Gasteiger partial charge in [0.05, 0.1) is 17.9 Å². The Kier molecular flexibility index (Phi) is 4.03. The Morgan fingerprint density at radius 3 is 3.04 bits per heavy atom. The van der Waals surface area contributed by atoms with E-state index in [2.05, 4.69) is 20.3 Å². The third kappa shape index (κ3) is 2.64. The molecule has 142 valence electrons. The molecule has 5 rings (SSSR count). The van der Waals surface area contributed by atoms with Gasteiger partial charge in [-0.2, -0.15) is 5.10 Å². The van der Waals surface area contributed by atoms with Gasteiger partial charge in [-0.25, -0.2) is 9.37 Å². The Bertz CT molecular complexity index is 1160. The minimum Gasteiger partial charge on any atom is -0.493 e. The summed E-state index contributed by atoms with van der Waals surface area (Å²) in [6.07, 6.45) is 7.10. The molecule has 0 saturated carbocycles. The Hall–Kier alpha value is -3.29. The fourth-order valence-electron chi connectivity index (χ4n) is 3.87. The summed E-state index contributed by atoms with van der Waals surface area (Å²) in [5.41, 5.74) is 4.24. The molecule has 4 heterocycles. The van der Waals surface area contributed by atoms with Crippen LogP contribution < -0.4 is 4.74 Å². The van der Waals surface area contributed by atoms with Gasteiger partial charge in [0.15, 0.2) is 5.65 Å². The van der Waals surface area contributed by atoms with Gasteiger partial charge < -0.3 is 4.74 Å². The molecule has 1 aromatic carbocycles. The highest BCUT2D eigenvalue weighted by atomic mass is 19.1. The number of fused-ring (bicyclic) bond motifs is 2. The summed E-state index contributed by atoms with van der Waals surface area (Å²) in [6.45, 7) is 3.40. The molecule has 7 nitrogen and oxygen atoms in total. The van der Waals surface area contributed by atoms with Gasteiger partial charge in [0.25, 0.3) is 0 Å². The molecular formula is C20H19FN6O. The zero-order chi connectivity index (χ0) is 19.1. The molecule has 0 spiro atoms. The van der Waals surface area contributed by atoms with Crippen molar-refractivity contribution in [3.8, 4) is 17.0 Å². The first kappa shape index (κ1) is 16.9. The van der Waals surface area contributed by atoms with Crippen molar-refractivity contribution in [3.63, 3.8) is 0 Å². The predicted octanol–water partition coefficient (Wildman–Crippen LogP) is 2.87. The standard InChI is InChI=1S/C20H19FN6O/c1-2-27-17(7-9-24-27)15-11-22-19(26-12-23-25-20(15)26)6-3-13-14-8-10-28-18(14)5-4-16(13)21/h4-5,7,9,11-12H,2-3,6,8,10H2,1H3. The van der Waals surface area contributed by atoms with E-state index in [9.17, 15) is 4.39 Å². The fraction of sp³-hybridized carbons (Fsp3) is 0.300. The summed E-state index contributed by atoms with van der Waals surface area (Å²) in [7, 11) is 0. The molecule has 1 aliphatic heterocycles. The number of benzene rings is 1. The smallest absolute Gasteiger partial charge is 0.173 e. The Morgan fingerprint density at radius 2 is 2.14 bits per heavy atom. The van der Waals surface area contributed by atoms with E-state index < -0.39 is 0 Å². The van der Waals surface area contributed by atoms with E-state index in [1.807, 2.05) is 22.1 Å². The van der Waals surface area contributed by atoms with Gasteiger partial charge in [0.1, 0.15) is 23.7 Å². The third-order valence-electron chi connectivity index (χ3n) is 5.24. The zero-order valence-corrected chi connectivity index (χ0v) is 15.5. The molecule has 8 heteroatoms. The maximum absolute atomic E-state index is 14.4. The van der Waals surface area contributed by atoms with Gasteiger partial charge in [-0.1, -0.05) is 0 Å². The lowest BCUT2D eigenvalue weighted by Crippen LogP contribution is -2.07. The van der Waals surface area contributed by atoms with E-state index in [0.29, 0.717) is 25.0 Å². The van der Waals surface area contributed by atoms with Crippen molar-refractivity contribution < 1.29 is 9.13 Å². The maximum Gasteiger partial charge on any atom is 0.173 e. The highest BCUT2D eigenvalue weighted by molar-refractivity contribution is 5.74. The highest BCUT2D eigenvalue weighted by Crippen LogP contribution is 2.31. The molecule has 0 amide bonds. The highest BCUT2D eigenvalue weighted by Gasteiger charge is 2.20. The van der Waals surface area contributed by atoms with Crippen molar-refractivity contribution in [2.45, 2.75) is 32.7 Å². The Labute approximate surface area is 160 Å². The summed E-state index contributed by atoms with van der Waals surface area (Å²) >= 11 is 0. The lowest BCUT2D eigenvalue weighted by molar-refractivity contribution is 0.356. The minimum absolute atomic E-state index is 0.187. The van der Waals surface area contributed by atoms with E-state index in [-0.39, 0.29) is 5.82 Å². The summed E-state index contributed by atoms with van der Waals surface area (Å²) < 4.78 is 23.8. The number of rotatable bonds is 5. The third-order valence-corrected chi connectivity index (χ3v) is 5.24. The van der Waals surface area contributed by atoms with Crippen LogP contribution in [0.1, 0.15) is 23.9 Å². The second kappa shape index (κ2) is 6.70. The first-order chi connectivity index (χ1) is 13.8. The number of nitrogens with zero attached hydrogens (tertiary/aromatic N) is 6. The van der Waals surface area contributed by atoms with Crippen molar-refractivity contribution in [2.75, 3.05) is 6.61 Å². The number of halogens is 1. The van der Waals surface area contributed by atoms with E-state index in [0.717, 1.165) is 47.0 Å². The molecule has 0 bridgehead atoms. The van der Waals surface area contributed by atoms with Crippen LogP contribution >= 0.6 is 0 Å². The largest absolute Gasteiger partial charge is 0.493 e. The average Bonchev–Trinajstić information content (AvgIpc) is 3.46. The molecular weight excluding hydrogens is 359 g/mol. The molecule has 4 aromatic rings. The van der Waals surface area contributed by atoms with Crippen LogP contribution in [0.2, 0.25) is 0 Å². The van der Waals surface area contributed by atoms with Crippen LogP contribution in [-0.2, 0) is 25.8 Å². The average molecular weight is 378 g/mol. The molecule has 0 radical (unpaired) electrons. The zero-order valence-electron chi connectivity index (χ0n) is 15.5. The number of aromatic nitrogens is 6. The lowest BCUT2D eigenvalue weighted by Gasteiger charge is -2.11. The molecule has 28 heavy (non-hydrogen) atoms. The second-order valence-electron chi connectivity index (χ2n) is 6.75. The second-order valence-corrected chi connectivity index (χ2v) is 6.75. The van der Waals surface area contributed by atoms with Crippen LogP contribution in [0.5, 0.6) is 5.75 Å². The van der Waals surface area contributed by atoms with E-state index in [4.69, 9.17) is 4.74 Å². The van der Waals surface area contributed by atoms with Crippen molar-refractivity contribution in [1.29, 1.82) is 0 Å². The first-order valence-corrected chi connectivity index (χ1v) is 9.39. The monoisotopic (exact) mass is 378 g/mol. The van der Waals surface area contributed by atoms with Crippen molar-refractivity contribution >= 4 is 5.65 Å². The van der Waals surface area contributed by atoms with Crippen molar-refractivity contribution in [3.05, 3.63) is 59.7 Å². The van der Waals surface area contributed by atoms with Crippen molar-refractivity contribution in [2.24, 2.45) is 0 Å². The van der Waals surface area contributed by atoms with Crippen LogP contribution in [0.4, 0.5) is 4.39 Å². The van der Waals surface area contributed by atoms with Gasteiger partial charge in [-0.05, 0) is 37.1 Å². The van der Waals surface area contributed by atoms with Gasteiger partial charge in [0.2, 0.25) is 0 Å². The number of ether oxygens (including phenoxy) is 1. The van der Waals surface area contributed by atoms with Gasteiger partial charge in [-0.3, -0.25) is 9.08 Å². The van der Waals surface area contributed by atoms with E-state index in [1.165, 1.54) is 6.07 Å². The predicted molar refractivity (Wildman–Crippen MR) is 101 cm³/mol. The van der Waals surface area contributed by atoms with Gasteiger partial charge in [-0.15, -0.1) is 10.2 Å².